The summed E-state index contributed by atoms with van der Waals surface area (Å²) in [5.41, 5.74) is 1.05. The highest BCUT2D eigenvalue weighted by Crippen LogP contribution is 2.25. The molecule has 7 heteroatoms. The van der Waals surface area contributed by atoms with Crippen molar-refractivity contribution in [1.29, 1.82) is 0 Å². The average molecular weight is 337 g/mol. The average Bonchev–Trinajstić information content (AvgIpc) is 2.59. The first kappa shape index (κ1) is 17.5. The minimum absolute atomic E-state index is 0.130. The number of aromatic nitrogens is 2. The molecule has 2 aromatic rings. The topological polar surface area (TPSA) is 56.3 Å². The van der Waals surface area contributed by atoms with Gasteiger partial charge in [-0.15, -0.1) is 0 Å². The smallest absolute Gasteiger partial charge is 0.159 e. The number of benzene rings is 1. The van der Waals surface area contributed by atoms with Crippen molar-refractivity contribution in [2.24, 2.45) is 0 Å². The van der Waals surface area contributed by atoms with E-state index in [1.54, 1.807) is 26.2 Å². The zero-order valence-electron chi connectivity index (χ0n) is 13.4. The molecule has 5 nitrogen and oxygen atoms in total. The van der Waals surface area contributed by atoms with Crippen molar-refractivity contribution in [1.82, 2.24) is 14.7 Å². The van der Waals surface area contributed by atoms with Crippen molar-refractivity contribution in [3.05, 3.63) is 47.8 Å². The Labute approximate surface area is 139 Å². The van der Waals surface area contributed by atoms with E-state index in [0.29, 0.717) is 12.4 Å². The Morgan fingerprint density at radius 1 is 1.22 bits per heavy atom. The van der Waals surface area contributed by atoms with Crippen molar-refractivity contribution in [3.8, 4) is 11.5 Å². The molecule has 1 atom stereocenters. The van der Waals surface area contributed by atoms with Gasteiger partial charge in [0.25, 0.3) is 0 Å². The van der Waals surface area contributed by atoms with Crippen LogP contribution in [0.15, 0.2) is 30.6 Å². The predicted octanol–water partition coefficient (Wildman–Crippen LogP) is 3.17. The number of rotatable bonds is 8. The van der Waals surface area contributed by atoms with Gasteiger partial charge in [-0.3, -0.25) is 4.72 Å². The summed E-state index contributed by atoms with van der Waals surface area (Å²) < 4.78 is 26.6. The highest BCUT2D eigenvalue weighted by Gasteiger charge is 2.10. The quantitative estimate of drug-likeness (QED) is 0.590. The highest BCUT2D eigenvalue weighted by atomic mass is 32.2. The van der Waals surface area contributed by atoms with E-state index in [1.165, 1.54) is 12.4 Å². The number of hydrogen-bond acceptors (Lipinski definition) is 6. The van der Waals surface area contributed by atoms with Crippen LogP contribution in [0.3, 0.4) is 0 Å². The van der Waals surface area contributed by atoms with Crippen molar-refractivity contribution in [3.63, 3.8) is 0 Å². The summed E-state index contributed by atoms with van der Waals surface area (Å²) in [5, 5.41) is 0. The zero-order chi connectivity index (χ0) is 16.7. The monoisotopic (exact) mass is 337 g/mol. The minimum Gasteiger partial charge on any atom is -0.497 e. The summed E-state index contributed by atoms with van der Waals surface area (Å²) in [6, 6.07) is 5.73. The predicted molar refractivity (Wildman–Crippen MR) is 89.2 cm³/mol. The Kier molecular flexibility index (Phi) is 6.61. The molecule has 1 aromatic carbocycles. The molecule has 23 heavy (non-hydrogen) atoms. The van der Waals surface area contributed by atoms with Crippen LogP contribution in [0.25, 0.3) is 0 Å². The van der Waals surface area contributed by atoms with Crippen LogP contribution < -0.4 is 14.2 Å². The van der Waals surface area contributed by atoms with Gasteiger partial charge in [0.2, 0.25) is 0 Å². The maximum atomic E-state index is 12.8. The van der Waals surface area contributed by atoms with E-state index in [2.05, 4.69) is 14.7 Å². The van der Waals surface area contributed by atoms with Crippen molar-refractivity contribution >= 4 is 11.9 Å². The molecule has 1 N–H and O–H groups in total. The van der Waals surface area contributed by atoms with E-state index < -0.39 is 5.82 Å². The third-order valence-electron chi connectivity index (χ3n) is 3.27. The maximum absolute atomic E-state index is 12.8. The van der Waals surface area contributed by atoms with E-state index in [1.807, 2.05) is 25.1 Å². The molecule has 1 heterocycles. The maximum Gasteiger partial charge on any atom is 0.159 e. The normalized spacial score (nSPS) is 12.0. The molecule has 0 unspecified atom stereocenters. The Bertz CT molecular complexity index is 625. The van der Waals surface area contributed by atoms with E-state index in [0.717, 1.165) is 22.8 Å². The molecule has 0 fully saturated rings. The van der Waals surface area contributed by atoms with Crippen LogP contribution in [-0.2, 0) is 6.54 Å². The summed E-state index contributed by atoms with van der Waals surface area (Å²) in [7, 11) is 3.26. The molecular formula is C16H20FN3O2S. The van der Waals surface area contributed by atoms with Crippen LogP contribution in [-0.4, -0.2) is 29.9 Å². The molecule has 0 aliphatic heterocycles. The standard InChI is InChI=1S/C16H20FN3O2S/c1-11(16-18-8-13(17)9-19-16)10-23-20-7-12-4-5-14(21-2)6-15(12)22-3/h4-6,8-9,11,20H,7,10H2,1-3H3/t11-/m0/s1. The molecule has 2 rings (SSSR count). The molecule has 0 aliphatic carbocycles. The van der Waals surface area contributed by atoms with Gasteiger partial charge in [-0.1, -0.05) is 24.9 Å². The van der Waals surface area contributed by atoms with Gasteiger partial charge in [-0.05, 0) is 6.07 Å². The summed E-state index contributed by atoms with van der Waals surface area (Å²) in [6.45, 7) is 2.67. The number of nitrogens with zero attached hydrogens (tertiary/aromatic N) is 2. The Hall–Kier alpha value is -1.86. The number of halogens is 1. The van der Waals surface area contributed by atoms with Crippen LogP contribution in [0, 0.1) is 5.82 Å². The molecule has 0 bridgehead atoms. The van der Waals surface area contributed by atoms with Gasteiger partial charge in [0, 0.05) is 29.8 Å². The van der Waals surface area contributed by atoms with Crippen LogP contribution in [0.4, 0.5) is 4.39 Å². The summed E-state index contributed by atoms with van der Waals surface area (Å²) >= 11 is 1.57. The molecule has 0 amide bonds. The molecule has 124 valence electrons. The van der Waals surface area contributed by atoms with E-state index in [-0.39, 0.29) is 5.92 Å². The van der Waals surface area contributed by atoms with Crippen LogP contribution >= 0.6 is 11.9 Å². The molecule has 0 saturated heterocycles. The van der Waals surface area contributed by atoms with Gasteiger partial charge in [0.15, 0.2) is 5.82 Å². The molecule has 0 saturated carbocycles. The van der Waals surface area contributed by atoms with Crippen LogP contribution in [0.1, 0.15) is 24.2 Å². The molecule has 1 aromatic heterocycles. The Balaban J connectivity index is 1.82. The van der Waals surface area contributed by atoms with Crippen LogP contribution in [0.2, 0.25) is 0 Å². The third kappa shape index (κ3) is 5.07. The van der Waals surface area contributed by atoms with E-state index in [4.69, 9.17) is 9.47 Å². The van der Waals surface area contributed by atoms with E-state index in [9.17, 15) is 4.39 Å². The lowest BCUT2D eigenvalue weighted by molar-refractivity contribution is 0.391. The lowest BCUT2D eigenvalue weighted by atomic mass is 10.2. The minimum atomic E-state index is -0.418. The lowest BCUT2D eigenvalue weighted by Gasteiger charge is -2.12. The van der Waals surface area contributed by atoms with Crippen molar-refractivity contribution < 1.29 is 13.9 Å². The summed E-state index contributed by atoms with van der Waals surface area (Å²) in [6.07, 6.45) is 2.39. The zero-order valence-corrected chi connectivity index (χ0v) is 14.2. The summed E-state index contributed by atoms with van der Waals surface area (Å²) in [5.74, 6) is 2.68. The van der Waals surface area contributed by atoms with Gasteiger partial charge < -0.3 is 9.47 Å². The van der Waals surface area contributed by atoms with Gasteiger partial charge in [-0.2, -0.15) is 0 Å². The van der Waals surface area contributed by atoms with Gasteiger partial charge >= 0.3 is 0 Å². The second-order valence-corrected chi connectivity index (χ2v) is 5.88. The third-order valence-corrected chi connectivity index (χ3v) is 4.29. The molecule has 0 aliphatic rings. The largest absolute Gasteiger partial charge is 0.497 e. The van der Waals surface area contributed by atoms with E-state index >= 15 is 0 Å². The van der Waals surface area contributed by atoms with Crippen molar-refractivity contribution in [2.45, 2.75) is 19.4 Å². The number of nitrogens with one attached hydrogen (secondary N) is 1. The molecular weight excluding hydrogens is 317 g/mol. The number of methoxy groups -OCH3 is 2. The second-order valence-electron chi connectivity index (χ2n) is 4.97. The SMILES string of the molecule is COc1ccc(CNSC[C@H](C)c2ncc(F)cn2)c(OC)c1. The van der Waals surface area contributed by atoms with Gasteiger partial charge in [0.1, 0.15) is 17.3 Å². The Morgan fingerprint density at radius 3 is 2.61 bits per heavy atom. The molecule has 0 spiro atoms. The molecule has 0 radical (unpaired) electrons. The lowest BCUT2D eigenvalue weighted by Crippen LogP contribution is -2.10. The fraction of sp³-hybridized carbons (Fsp3) is 0.375. The number of ether oxygens (including phenoxy) is 2. The van der Waals surface area contributed by atoms with Crippen LogP contribution in [0.5, 0.6) is 11.5 Å². The Morgan fingerprint density at radius 2 is 1.96 bits per heavy atom. The first-order chi connectivity index (χ1) is 11.1. The van der Waals surface area contributed by atoms with Crippen molar-refractivity contribution in [2.75, 3.05) is 20.0 Å². The number of hydrogen-bond donors (Lipinski definition) is 1. The first-order valence-electron chi connectivity index (χ1n) is 7.17. The highest BCUT2D eigenvalue weighted by molar-refractivity contribution is 7.97. The fourth-order valence-corrected chi connectivity index (χ4v) is 2.74. The second kappa shape index (κ2) is 8.69. The van der Waals surface area contributed by atoms with Gasteiger partial charge in [-0.25, -0.2) is 14.4 Å². The summed E-state index contributed by atoms with van der Waals surface area (Å²) in [4.78, 5) is 8.00. The van der Waals surface area contributed by atoms with Gasteiger partial charge in [0.05, 0.1) is 26.6 Å². The first-order valence-corrected chi connectivity index (χ1v) is 8.15. The fourth-order valence-electron chi connectivity index (χ4n) is 1.96.